The van der Waals surface area contributed by atoms with Gasteiger partial charge in [0.15, 0.2) is 0 Å². The number of aliphatic hydroxyl groups is 4. The Morgan fingerprint density at radius 1 is 0.311 bits per heavy atom. The van der Waals surface area contributed by atoms with Gasteiger partial charge in [0.2, 0.25) is 0 Å². The zero-order chi connectivity index (χ0) is 33.3. The van der Waals surface area contributed by atoms with Gasteiger partial charge in [0, 0.05) is 0 Å². The van der Waals surface area contributed by atoms with Crippen molar-refractivity contribution in [1.29, 1.82) is 0 Å². The van der Waals surface area contributed by atoms with E-state index in [0.29, 0.717) is 51.4 Å². The van der Waals surface area contributed by atoms with Crippen LogP contribution in [0.5, 0.6) is 0 Å². The van der Waals surface area contributed by atoms with Gasteiger partial charge in [0.25, 0.3) is 0 Å². The SMILES string of the molecule is O=C([O-])C1(O)CCCCCC1.O=C([O-])C1(O)CCCCCC1.O=C([O-])C1(O)CCCCCC1.O=C([O-])C1(O)CCCCCC1.[Ti+4]. The first-order valence-electron chi connectivity index (χ1n) is 16.4. The summed E-state index contributed by atoms with van der Waals surface area (Å²) in [6.45, 7) is 0. The maximum Gasteiger partial charge on any atom is 4.00 e. The molecule has 0 aliphatic heterocycles. The molecule has 256 valence electrons. The second-order valence-corrected chi connectivity index (χ2v) is 12.9. The molecule has 0 amide bonds. The summed E-state index contributed by atoms with van der Waals surface area (Å²) in [5.74, 6) is -5.22. The molecule has 0 aromatic rings. The molecule has 4 rings (SSSR count). The number of carbonyl (C=O) groups excluding carboxylic acids is 4. The van der Waals surface area contributed by atoms with Crippen molar-refractivity contribution in [2.45, 2.75) is 177 Å². The molecule has 4 fully saturated rings. The zero-order valence-electron chi connectivity index (χ0n) is 26.5. The molecular weight excluding hydrogens is 624 g/mol. The normalized spacial score (nSPS) is 23.6. The fourth-order valence-corrected chi connectivity index (χ4v) is 6.07. The molecule has 4 saturated carbocycles. The van der Waals surface area contributed by atoms with Crippen LogP contribution in [0.2, 0.25) is 0 Å². The Balaban J connectivity index is 0.000000569. The van der Waals surface area contributed by atoms with E-state index >= 15 is 0 Å². The monoisotopic (exact) mass is 676 g/mol. The van der Waals surface area contributed by atoms with E-state index in [1.54, 1.807) is 0 Å². The van der Waals surface area contributed by atoms with Gasteiger partial charge in [-0.25, -0.2) is 0 Å². The van der Waals surface area contributed by atoms with E-state index in [0.717, 1.165) is 103 Å². The van der Waals surface area contributed by atoms with Crippen molar-refractivity contribution in [2.24, 2.45) is 0 Å². The molecule has 0 heterocycles. The van der Waals surface area contributed by atoms with Gasteiger partial charge >= 0.3 is 21.7 Å². The zero-order valence-corrected chi connectivity index (χ0v) is 28.1. The maximum absolute atomic E-state index is 10.5. The molecule has 0 atom stereocenters. The van der Waals surface area contributed by atoms with Gasteiger partial charge < -0.3 is 60.0 Å². The molecule has 0 aromatic carbocycles. The van der Waals surface area contributed by atoms with Crippen molar-refractivity contribution in [3.63, 3.8) is 0 Å². The van der Waals surface area contributed by atoms with Gasteiger partial charge in [-0.1, -0.05) is 103 Å². The third kappa shape index (κ3) is 15.7. The van der Waals surface area contributed by atoms with Gasteiger partial charge in [-0.2, -0.15) is 0 Å². The summed E-state index contributed by atoms with van der Waals surface area (Å²) in [7, 11) is 0. The van der Waals surface area contributed by atoms with E-state index in [2.05, 4.69) is 0 Å². The molecule has 0 saturated heterocycles. The minimum atomic E-state index is -1.53. The van der Waals surface area contributed by atoms with Crippen LogP contribution in [-0.2, 0) is 40.9 Å². The average Bonchev–Trinajstić information content (AvgIpc) is 3.52. The molecule has 0 spiro atoms. The molecule has 13 heteroatoms. The molecule has 0 radical (unpaired) electrons. The Hall–Kier alpha value is -1.57. The predicted octanol–water partition coefficient (Wildman–Crippen LogP) is -0.716. The fourth-order valence-electron chi connectivity index (χ4n) is 6.07. The van der Waals surface area contributed by atoms with Crippen LogP contribution < -0.4 is 20.4 Å². The average molecular weight is 677 g/mol. The summed E-state index contributed by atoms with van der Waals surface area (Å²) in [5, 5.41) is 79.7. The maximum atomic E-state index is 10.5. The summed E-state index contributed by atoms with van der Waals surface area (Å²) in [6, 6.07) is 0. The Morgan fingerprint density at radius 3 is 0.511 bits per heavy atom. The largest absolute Gasteiger partial charge is 4.00 e. The first kappa shape index (κ1) is 43.4. The quantitative estimate of drug-likeness (QED) is 0.213. The van der Waals surface area contributed by atoms with Crippen molar-refractivity contribution in [1.82, 2.24) is 0 Å². The molecule has 0 aromatic heterocycles. The summed E-state index contributed by atoms with van der Waals surface area (Å²) >= 11 is 0. The minimum absolute atomic E-state index is 0. The van der Waals surface area contributed by atoms with E-state index in [1.165, 1.54) is 0 Å². The third-order valence-corrected chi connectivity index (χ3v) is 9.24. The van der Waals surface area contributed by atoms with Crippen LogP contribution >= 0.6 is 0 Å². The fraction of sp³-hybridized carbons (Fsp3) is 0.875. The van der Waals surface area contributed by atoms with Crippen LogP contribution in [0.25, 0.3) is 0 Å². The van der Waals surface area contributed by atoms with E-state index < -0.39 is 46.3 Å². The van der Waals surface area contributed by atoms with Crippen LogP contribution in [0, 0.1) is 0 Å². The van der Waals surface area contributed by atoms with Crippen LogP contribution in [0.1, 0.15) is 154 Å². The Kier molecular flexibility index (Phi) is 20.6. The molecule has 4 N–H and O–H groups in total. The molecule has 12 nitrogen and oxygen atoms in total. The minimum Gasteiger partial charge on any atom is -0.547 e. The smallest absolute Gasteiger partial charge is 0.547 e. The van der Waals surface area contributed by atoms with Crippen molar-refractivity contribution in [3.05, 3.63) is 0 Å². The van der Waals surface area contributed by atoms with Gasteiger partial charge in [0.1, 0.15) is 22.4 Å². The van der Waals surface area contributed by atoms with Crippen molar-refractivity contribution in [3.8, 4) is 0 Å². The topological polar surface area (TPSA) is 241 Å². The summed E-state index contributed by atoms with van der Waals surface area (Å²) in [4.78, 5) is 41.9. The molecule has 0 unspecified atom stereocenters. The standard InChI is InChI=1S/4C8H14O3.Ti/c4*9-7(10)8(11)5-3-1-2-4-6-8;/h4*11H,1-6H2,(H,9,10);/q;;;;+4/p-4. The summed E-state index contributed by atoms with van der Waals surface area (Å²) in [6.07, 6.45) is 17.4. The molecule has 45 heavy (non-hydrogen) atoms. The molecular formula is C32H52O12Ti. The van der Waals surface area contributed by atoms with Crippen LogP contribution in [0.15, 0.2) is 0 Å². The van der Waals surface area contributed by atoms with E-state index in [4.69, 9.17) is 0 Å². The van der Waals surface area contributed by atoms with Crippen LogP contribution in [-0.4, -0.2) is 66.7 Å². The number of carboxylic acids is 4. The number of aliphatic carboxylic acids is 4. The first-order valence-corrected chi connectivity index (χ1v) is 16.4. The Morgan fingerprint density at radius 2 is 0.422 bits per heavy atom. The van der Waals surface area contributed by atoms with E-state index in [9.17, 15) is 60.0 Å². The summed E-state index contributed by atoms with van der Waals surface area (Å²) < 4.78 is 0. The van der Waals surface area contributed by atoms with Gasteiger partial charge in [0.05, 0.1) is 23.9 Å². The van der Waals surface area contributed by atoms with Gasteiger partial charge in [-0.05, 0) is 51.4 Å². The number of carbonyl (C=O) groups is 4. The number of carboxylic acid groups (broad SMARTS) is 4. The number of hydrogen-bond acceptors (Lipinski definition) is 12. The first-order chi connectivity index (χ1) is 20.6. The van der Waals surface area contributed by atoms with Crippen molar-refractivity contribution in [2.75, 3.05) is 0 Å². The van der Waals surface area contributed by atoms with Gasteiger partial charge in [-0.15, -0.1) is 0 Å². The molecule has 0 bridgehead atoms. The van der Waals surface area contributed by atoms with Crippen molar-refractivity contribution < 1.29 is 81.7 Å². The second-order valence-electron chi connectivity index (χ2n) is 12.9. The number of hydrogen-bond donors (Lipinski definition) is 4. The summed E-state index contributed by atoms with van der Waals surface area (Å²) in [5.41, 5.74) is -6.12. The van der Waals surface area contributed by atoms with Crippen LogP contribution in [0.3, 0.4) is 0 Å². The molecule has 4 aliphatic rings. The van der Waals surface area contributed by atoms with Crippen molar-refractivity contribution >= 4 is 23.9 Å². The number of rotatable bonds is 4. The van der Waals surface area contributed by atoms with E-state index in [-0.39, 0.29) is 21.7 Å². The van der Waals surface area contributed by atoms with Gasteiger partial charge in [-0.3, -0.25) is 0 Å². The Bertz CT molecular complexity index is 733. The second kappa shape index (κ2) is 21.3. The van der Waals surface area contributed by atoms with E-state index in [1.807, 2.05) is 0 Å². The predicted molar refractivity (Wildman–Crippen MR) is 151 cm³/mol. The van der Waals surface area contributed by atoms with Crippen LogP contribution in [0.4, 0.5) is 0 Å². The Labute approximate surface area is 281 Å². The molecule has 4 aliphatic carbocycles. The third-order valence-electron chi connectivity index (χ3n) is 9.24.